The van der Waals surface area contributed by atoms with Crippen LogP contribution in [0.1, 0.15) is 39.0 Å². The van der Waals surface area contributed by atoms with E-state index in [4.69, 9.17) is 12.2 Å². The number of nitrogens with zero attached hydrogens (tertiary/aromatic N) is 2. The van der Waals surface area contributed by atoms with Crippen LogP contribution in [0.3, 0.4) is 0 Å². The normalized spacial score (nSPS) is 24.8. The van der Waals surface area contributed by atoms with Crippen molar-refractivity contribution in [3.8, 4) is 0 Å². The van der Waals surface area contributed by atoms with Crippen molar-refractivity contribution in [1.29, 1.82) is 0 Å². The summed E-state index contributed by atoms with van der Waals surface area (Å²) < 4.78 is 0.562. The Hall–Kier alpha value is -1.40. The van der Waals surface area contributed by atoms with Crippen molar-refractivity contribution in [2.45, 2.75) is 39.0 Å². The van der Waals surface area contributed by atoms with E-state index in [2.05, 4.69) is 6.58 Å². The molecular weight excluding hydrogens is 328 g/mol. The molecule has 0 unspecified atom stereocenters. The summed E-state index contributed by atoms with van der Waals surface area (Å²) in [5.74, 6) is -0.170. The van der Waals surface area contributed by atoms with Gasteiger partial charge in [0.1, 0.15) is 4.32 Å². The summed E-state index contributed by atoms with van der Waals surface area (Å²) in [6.45, 7) is 6.87. The Morgan fingerprint density at radius 2 is 1.96 bits per heavy atom. The predicted molar refractivity (Wildman–Crippen MR) is 96.6 cm³/mol. The molecule has 1 saturated heterocycles. The molecule has 0 saturated carbocycles. The Kier molecular flexibility index (Phi) is 4.73. The van der Waals surface area contributed by atoms with Gasteiger partial charge in [-0.05, 0) is 37.7 Å². The highest BCUT2D eigenvalue weighted by Gasteiger charge is 2.42. The highest BCUT2D eigenvalue weighted by Crippen LogP contribution is 2.44. The van der Waals surface area contributed by atoms with Crippen LogP contribution in [0.2, 0.25) is 0 Å². The van der Waals surface area contributed by atoms with Crippen LogP contribution in [0, 0.1) is 0 Å². The summed E-state index contributed by atoms with van der Waals surface area (Å²) >= 11 is 6.62. The second-order valence-corrected chi connectivity index (χ2v) is 7.51. The SMILES string of the molecule is C=CCN1C(=O)/C(=C2/SC(=S)N(CCC)C2=O)C2=C1CCCC2. The Morgan fingerprint density at radius 3 is 2.65 bits per heavy atom. The molecule has 0 aromatic heterocycles. The summed E-state index contributed by atoms with van der Waals surface area (Å²) in [4.78, 5) is 29.6. The zero-order chi connectivity index (χ0) is 16.6. The molecule has 2 aliphatic heterocycles. The lowest BCUT2D eigenvalue weighted by Gasteiger charge is -2.20. The van der Waals surface area contributed by atoms with E-state index in [0.29, 0.717) is 27.9 Å². The number of rotatable bonds is 4. The molecule has 122 valence electrons. The Bertz CT molecular complexity index is 664. The smallest absolute Gasteiger partial charge is 0.266 e. The van der Waals surface area contributed by atoms with E-state index < -0.39 is 0 Å². The second kappa shape index (κ2) is 6.61. The van der Waals surface area contributed by atoms with Gasteiger partial charge >= 0.3 is 0 Å². The fourth-order valence-electron chi connectivity index (χ4n) is 3.37. The summed E-state index contributed by atoms with van der Waals surface area (Å²) in [6.07, 6.45) is 6.49. The fraction of sp³-hybridized carbons (Fsp3) is 0.471. The van der Waals surface area contributed by atoms with E-state index in [9.17, 15) is 9.59 Å². The standard InChI is InChI=1S/C17H20N2O2S2/c1-3-9-18-12-8-6-5-7-11(12)13(15(18)20)14-16(21)19(10-4-2)17(22)23-14/h3H,1,4-10H2,2H3/b14-13+. The molecule has 2 amide bonds. The van der Waals surface area contributed by atoms with Crippen LogP contribution in [0.5, 0.6) is 0 Å². The van der Waals surface area contributed by atoms with Crippen molar-refractivity contribution in [3.63, 3.8) is 0 Å². The van der Waals surface area contributed by atoms with Gasteiger partial charge in [0.25, 0.3) is 11.8 Å². The first-order valence-electron chi connectivity index (χ1n) is 8.03. The largest absolute Gasteiger partial charge is 0.308 e. The lowest BCUT2D eigenvalue weighted by molar-refractivity contribution is -0.125. The van der Waals surface area contributed by atoms with Gasteiger partial charge in [0.2, 0.25) is 0 Å². The van der Waals surface area contributed by atoms with Gasteiger partial charge in [0.05, 0.1) is 10.5 Å². The maximum absolute atomic E-state index is 12.9. The van der Waals surface area contributed by atoms with Gasteiger partial charge in [0, 0.05) is 18.8 Å². The number of thiocarbonyl (C=S) groups is 1. The van der Waals surface area contributed by atoms with E-state index in [-0.39, 0.29) is 11.8 Å². The van der Waals surface area contributed by atoms with E-state index in [0.717, 1.165) is 43.4 Å². The third-order valence-electron chi connectivity index (χ3n) is 4.36. The third kappa shape index (κ3) is 2.68. The molecule has 0 N–H and O–H groups in total. The van der Waals surface area contributed by atoms with Gasteiger partial charge in [-0.25, -0.2) is 0 Å². The minimum Gasteiger partial charge on any atom is -0.308 e. The molecule has 0 bridgehead atoms. The van der Waals surface area contributed by atoms with Crippen LogP contribution in [0.25, 0.3) is 0 Å². The number of thioether (sulfide) groups is 1. The number of hydrogen-bond donors (Lipinski definition) is 0. The molecule has 4 nitrogen and oxygen atoms in total. The average molecular weight is 348 g/mol. The van der Waals surface area contributed by atoms with Crippen molar-refractivity contribution < 1.29 is 9.59 Å². The predicted octanol–water partition coefficient (Wildman–Crippen LogP) is 3.37. The molecule has 3 rings (SSSR count). The highest BCUT2D eigenvalue weighted by atomic mass is 32.2. The molecule has 2 heterocycles. The van der Waals surface area contributed by atoms with E-state index in [1.54, 1.807) is 15.9 Å². The first kappa shape index (κ1) is 16.5. The lowest BCUT2D eigenvalue weighted by atomic mass is 9.93. The number of carbonyl (C=O) groups excluding carboxylic acids is 2. The van der Waals surface area contributed by atoms with Crippen molar-refractivity contribution in [2.75, 3.05) is 13.1 Å². The van der Waals surface area contributed by atoms with Crippen LogP contribution in [-0.2, 0) is 9.59 Å². The van der Waals surface area contributed by atoms with Crippen LogP contribution < -0.4 is 0 Å². The van der Waals surface area contributed by atoms with Crippen molar-refractivity contribution in [3.05, 3.63) is 34.4 Å². The number of allylic oxidation sites excluding steroid dienone is 1. The fourth-order valence-corrected chi connectivity index (χ4v) is 4.76. The monoisotopic (exact) mass is 348 g/mol. The minimum absolute atomic E-state index is 0.0613. The second-order valence-electron chi connectivity index (χ2n) is 5.87. The zero-order valence-corrected chi connectivity index (χ0v) is 14.9. The van der Waals surface area contributed by atoms with Gasteiger partial charge < -0.3 is 4.90 Å². The molecule has 6 heteroatoms. The maximum Gasteiger partial charge on any atom is 0.266 e. The molecule has 0 aromatic rings. The van der Waals surface area contributed by atoms with Crippen molar-refractivity contribution in [1.82, 2.24) is 9.80 Å². The molecule has 0 atom stereocenters. The Labute approximate surface area is 146 Å². The Morgan fingerprint density at radius 1 is 1.22 bits per heavy atom. The van der Waals surface area contributed by atoms with Gasteiger partial charge in [0.15, 0.2) is 0 Å². The van der Waals surface area contributed by atoms with Crippen molar-refractivity contribution >= 4 is 40.1 Å². The summed E-state index contributed by atoms with van der Waals surface area (Å²) in [5.41, 5.74) is 2.73. The quantitative estimate of drug-likeness (QED) is 0.444. The van der Waals surface area contributed by atoms with E-state index in [1.165, 1.54) is 11.8 Å². The van der Waals surface area contributed by atoms with Crippen LogP contribution in [0.15, 0.2) is 34.4 Å². The molecule has 1 fully saturated rings. The maximum atomic E-state index is 12.9. The van der Waals surface area contributed by atoms with E-state index >= 15 is 0 Å². The summed E-state index contributed by atoms with van der Waals surface area (Å²) in [7, 11) is 0. The van der Waals surface area contributed by atoms with Gasteiger partial charge in [-0.15, -0.1) is 6.58 Å². The molecule has 1 aliphatic carbocycles. The molecule has 23 heavy (non-hydrogen) atoms. The summed E-state index contributed by atoms with van der Waals surface area (Å²) in [6, 6.07) is 0. The zero-order valence-electron chi connectivity index (χ0n) is 13.3. The average Bonchev–Trinajstić information content (AvgIpc) is 2.97. The van der Waals surface area contributed by atoms with Crippen LogP contribution >= 0.6 is 24.0 Å². The number of amides is 2. The van der Waals surface area contributed by atoms with Crippen LogP contribution in [0.4, 0.5) is 0 Å². The number of hydrogen-bond acceptors (Lipinski definition) is 4. The number of carbonyl (C=O) groups is 2. The van der Waals surface area contributed by atoms with E-state index in [1.807, 2.05) is 6.92 Å². The molecule has 0 aromatic carbocycles. The highest BCUT2D eigenvalue weighted by molar-refractivity contribution is 8.26. The third-order valence-corrected chi connectivity index (χ3v) is 5.81. The molecule has 0 radical (unpaired) electrons. The van der Waals surface area contributed by atoms with Gasteiger partial charge in [-0.3, -0.25) is 14.5 Å². The summed E-state index contributed by atoms with van der Waals surface area (Å²) in [5, 5.41) is 0. The van der Waals surface area contributed by atoms with Gasteiger partial charge in [-0.1, -0.05) is 37.0 Å². The minimum atomic E-state index is -0.108. The van der Waals surface area contributed by atoms with Gasteiger partial charge in [-0.2, -0.15) is 0 Å². The lowest BCUT2D eigenvalue weighted by Crippen LogP contribution is -2.30. The molecule has 0 spiro atoms. The molecule has 3 aliphatic rings. The first-order valence-corrected chi connectivity index (χ1v) is 9.25. The van der Waals surface area contributed by atoms with Crippen LogP contribution in [-0.4, -0.2) is 39.0 Å². The topological polar surface area (TPSA) is 40.6 Å². The molecular formula is C17H20N2O2S2. The Balaban J connectivity index is 2.06. The van der Waals surface area contributed by atoms with Crippen molar-refractivity contribution in [2.24, 2.45) is 0 Å². The first-order chi connectivity index (χ1) is 11.1.